The maximum Gasteiger partial charge on any atom is 1.00 e. The molecule has 1 aromatic rings. The molecule has 0 aromatic heterocycles. The Bertz CT molecular complexity index is 309. The summed E-state index contributed by atoms with van der Waals surface area (Å²) in [4.78, 5) is 0. The van der Waals surface area contributed by atoms with Crippen molar-refractivity contribution in [2.75, 3.05) is 0 Å². The van der Waals surface area contributed by atoms with E-state index in [9.17, 15) is 12.9 Å². The third kappa shape index (κ3) is 3.38. The third-order valence-corrected chi connectivity index (χ3v) is 2.12. The molecule has 0 fully saturated rings. The van der Waals surface area contributed by atoms with Gasteiger partial charge in [-0.1, -0.05) is 36.2 Å². The Morgan fingerprint density at radius 3 is 2.14 bits per heavy atom. The average molecular weight is 226 g/mol. The van der Waals surface area contributed by atoms with Crippen molar-refractivity contribution in [1.82, 2.24) is 0 Å². The first kappa shape index (κ1) is 14.7. The van der Waals surface area contributed by atoms with Gasteiger partial charge in [-0.15, -0.1) is 5.46 Å². The van der Waals surface area contributed by atoms with Crippen LogP contribution in [-0.2, 0) is 6.42 Å². The zero-order valence-electron chi connectivity index (χ0n) is 8.65. The molecule has 0 saturated carbocycles. The molecule has 0 spiro atoms. The van der Waals surface area contributed by atoms with E-state index in [0.29, 0.717) is 17.5 Å². The summed E-state index contributed by atoms with van der Waals surface area (Å²) in [7, 11) is 0. The molecule has 0 N–H and O–H groups in total. The van der Waals surface area contributed by atoms with E-state index in [0.717, 1.165) is 0 Å². The van der Waals surface area contributed by atoms with Crippen molar-refractivity contribution in [3.05, 3.63) is 29.3 Å². The maximum absolute atomic E-state index is 12.6. The predicted octanol–water partition coefficient (Wildman–Crippen LogP) is -0.384. The maximum atomic E-state index is 12.6. The van der Waals surface area contributed by atoms with Crippen molar-refractivity contribution in [2.24, 2.45) is 0 Å². The summed E-state index contributed by atoms with van der Waals surface area (Å²) in [5, 5.41) is 0. The van der Waals surface area contributed by atoms with Crippen LogP contribution < -0.4 is 56.8 Å². The Morgan fingerprint density at radius 1 is 1.21 bits per heavy atom. The second-order valence-electron chi connectivity index (χ2n) is 3.08. The summed E-state index contributed by atoms with van der Waals surface area (Å²) in [5.74, 6) is 0. The summed E-state index contributed by atoms with van der Waals surface area (Å²) in [6.45, 7) is -1.62. The molecule has 1 rings (SSSR count). The van der Waals surface area contributed by atoms with Gasteiger partial charge >= 0.3 is 58.4 Å². The zero-order valence-corrected chi connectivity index (χ0v) is 11.8. The fraction of sp³-hybridized carbons (Fsp3) is 0.333. The molecule has 0 aliphatic rings. The molecule has 0 nitrogen and oxygen atoms in total. The SMILES string of the molecule is CCc1cccc(C)c1[B-](F)(F)F.[K+]. The molecule has 14 heavy (non-hydrogen) atoms. The minimum Gasteiger partial charge on any atom is -0.445 e. The van der Waals surface area contributed by atoms with Crippen LogP contribution in [0, 0.1) is 6.92 Å². The molecule has 0 atom stereocenters. The van der Waals surface area contributed by atoms with Gasteiger partial charge < -0.3 is 12.9 Å². The van der Waals surface area contributed by atoms with E-state index in [1.54, 1.807) is 13.0 Å². The van der Waals surface area contributed by atoms with E-state index in [2.05, 4.69) is 0 Å². The molecule has 0 aliphatic carbocycles. The van der Waals surface area contributed by atoms with Crippen LogP contribution in [0.1, 0.15) is 18.1 Å². The number of hydrogen-bond acceptors (Lipinski definition) is 0. The second kappa shape index (κ2) is 5.70. The number of halogens is 3. The summed E-state index contributed by atoms with van der Waals surface area (Å²) in [5.41, 5.74) is 0.310. The normalized spacial score (nSPS) is 10.9. The number of hydrogen-bond donors (Lipinski definition) is 0. The fourth-order valence-corrected chi connectivity index (χ4v) is 1.52. The Kier molecular flexibility index (Phi) is 5.99. The molecule has 0 saturated heterocycles. The number of aryl methyl sites for hydroxylation is 2. The molecule has 0 heterocycles. The van der Waals surface area contributed by atoms with E-state index < -0.39 is 12.4 Å². The molecule has 0 unspecified atom stereocenters. The van der Waals surface area contributed by atoms with E-state index in [1.165, 1.54) is 19.1 Å². The smallest absolute Gasteiger partial charge is 0.445 e. The average Bonchev–Trinajstić information content (AvgIpc) is 2.01. The summed E-state index contributed by atoms with van der Waals surface area (Å²) in [6, 6.07) is 4.71. The van der Waals surface area contributed by atoms with Gasteiger partial charge in [-0.3, -0.25) is 0 Å². The summed E-state index contributed by atoms with van der Waals surface area (Å²) >= 11 is 0. The first-order chi connectivity index (χ1) is 5.96. The summed E-state index contributed by atoms with van der Waals surface area (Å²) < 4.78 is 37.7. The van der Waals surface area contributed by atoms with E-state index in [4.69, 9.17) is 0 Å². The Balaban J connectivity index is 0.00000169. The van der Waals surface area contributed by atoms with Gasteiger partial charge in [0.1, 0.15) is 0 Å². The molecule has 0 aliphatic heterocycles. The van der Waals surface area contributed by atoms with Gasteiger partial charge in [-0.05, 0) is 13.3 Å². The van der Waals surface area contributed by atoms with Crippen molar-refractivity contribution in [3.8, 4) is 0 Å². The number of benzene rings is 1. The van der Waals surface area contributed by atoms with E-state index in [-0.39, 0.29) is 51.4 Å². The van der Waals surface area contributed by atoms with Gasteiger partial charge in [0, 0.05) is 0 Å². The molecule has 0 amide bonds. The first-order valence-corrected chi connectivity index (χ1v) is 4.25. The van der Waals surface area contributed by atoms with Gasteiger partial charge in [0.05, 0.1) is 0 Å². The Labute approximate surface area is 125 Å². The van der Waals surface area contributed by atoms with Crippen LogP contribution >= 0.6 is 0 Å². The third-order valence-electron chi connectivity index (χ3n) is 2.12. The van der Waals surface area contributed by atoms with Crippen LogP contribution in [0.2, 0.25) is 0 Å². The quantitative estimate of drug-likeness (QED) is 0.603. The van der Waals surface area contributed by atoms with Crippen LogP contribution in [0.15, 0.2) is 18.2 Å². The fourth-order valence-electron chi connectivity index (χ4n) is 1.52. The van der Waals surface area contributed by atoms with Crippen LogP contribution in [0.25, 0.3) is 0 Å². The molecule has 0 bridgehead atoms. The van der Waals surface area contributed by atoms with Gasteiger partial charge in [-0.2, -0.15) is 0 Å². The molecule has 0 radical (unpaired) electrons. The minimum atomic E-state index is -4.86. The van der Waals surface area contributed by atoms with Crippen LogP contribution in [0.5, 0.6) is 0 Å². The topological polar surface area (TPSA) is 0 Å². The van der Waals surface area contributed by atoms with Crippen LogP contribution in [-0.4, -0.2) is 6.98 Å². The molecular weight excluding hydrogens is 215 g/mol. The Morgan fingerprint density at radius 2 is 1.79 bits per heavy atom. The van der Waals surface area contributed by atoms with Crippen molar-refractivity contribution in [2.45, 2.75) is 20.3 Å². The van der Waals surface area contributed by atoms with Crippen molar-refractivity contribution < 1.29 is 64.3 Å². The molecular formula is C9H11BF3K. The predicted molar refractivity (Wildman–Crippen MR) is 49.3 cm³/mol. The van der Waals surface area contributed by atoms with Crippen molar-refractivity contribution in [1.29, 1.82) is 0 Å². The van der Waals surface area contributed by atoms with Gasteiger partial charge in [-0.25, -0.2) is 0 Å². The number of rotatable bonds is 2. The van der Waals surface area contributed by atoms with Gasteiger partial charge in [0.2, 0.25) is 0 Å². The van der Waals surface area contributed by atoms with Crippen molar-refractivity contribution in [3.63, 3.8) is 0 Å². The van der Waals surface area contributed by atoms with E-state index in [1.807, 2.05) is 0 Å². The zero-order chi connectivity index (χ0) is 10.1. The monoisotopic (exact) mass is 226 g/mol. The largest absolute Gasteiger partial charge is 1.00 e. The molecule has 1 aromatic carbocycles. The Hall–Kier alpha value is 0.711. The van der Waals surface area contributed by atoms with Crippen LogP contribution in [0.4, 0.5) is 12.9 Å². The molecule has 72 valence electrons. The molecule has 5 heteroatoms. The van der Waals surface area contributed by atoms with Gasteiger partial charge in [0.15, 0.2) is 0 Å². The minimum absolute atomic E-state index is 0. The second-order valence-corrected chi connectivity index (χ2v) is 3.08. The van der Waals surface area contributed by atoms with Crippen molar-refractivity contribution >= 4 is 12.4 Å². The first-order valence-electron chi connectivity index (χ1n) is 4.25. The van der Waals surface area contributed by atoms with E-state index >= 15 is 0 Å². The standard InChI is InChI=1S/C9H11BF3.K/c1-3-8-6-4-5-7(2)9(8)10(11,12)13;/h4-6H,3H2,1-2H3;/q-1;+1. The van der Waals surface area contributed by atoms with Crippen LogP contribution in [0.3, 0.4) is 0 Å². The summed E-state index contributed by atoms with van der Waals surface area (Å²) in [6.07, 6.45) is 0.429. The van der Waals surface area contributed by atoms with Gasteiger partial charge in [0.25, 0.3) is 0 Å².